The topological polar surface area (TPSA) is 194 Å². The van der Waals surface area contributed by atoms with E-state index >= 15 is 0 Å². The summed E-state index contributed by atoms with van der Waals surface area (Å²) in [6.45, 7) is 3.65. The number of nitriles is 2. The molecule has 35 heavy (non-hydrogen) atoms. The van der Waals surface area contributed by atoms with Crippen LogP contribution in [0, 0.1) is 22.7 Å². The molecule has 0 bridgehead atoms. The highest BCUT2D eigenvalue weighted by atomic mass is 16.1. The SMILES string of the molecule is CCc1c(-c2ncc[nH]2)nc2c(C#N)c[nH]n2c1=O.CCc1c(C=O)nc2c(C#N)c[nH]n2c1=O. The van der Waals surface area contributed by atoms with Gasteiger partial charge in [0, 0.05) is 35.9 Å². The van der Waals surface area contributed by atoms with Crippen LogP contribution in [0.1, 0.15) is 46.6 Å². The zero-order valence-electron chi connectivity index (χ0n) is 18.7. The zero-order valence-corrected chi connectivity index (χ0v) is 18.7. The summed E-state index contributed by atoms with van der Waals surface area (Å²) < 4.78 is 2.45. The van der Waals surface area contributed by atoms with Crippen molar-refractivity contribution in [1.29, 1.82) is 10.5 Å². The molecule has 3 N–H and O–H groups in total. The number of aldehydes is 1. The molecule has 0 aliphatic rings. The number of carbonyl (C=O) groups excluding carboxylic acids is 1. The van der Waals surface area contributed by atoms with Crippen molar-refractivity contribution in [3.05, 3.63) is 73.4 Å². The Kier molecular flexibility index (Phi) is 6.07. The van der Waals surface area contributed by atoms with Gasteiger partial charge in [-0.1, -0.05) is 13.8 Å². The number of nitrogens with zero attached hydrogens (tertiary/aromatic N) is 7. The third-order valence-electron chi connectivity index (χ3n) is 5.33. The number of rotatable bonds is 4. The average Bonchev–Trinajstić information content (AvgIpc) is 3.63. The van der Waals surface area contributed by atoms with Crippen LogP contribution in [0.15, 0.2) is 34.4 Å². The van der Waals surface area contributed by atoms with Gasteiger partial charge in [0.15, 0.2) is 23.4 Å². The molecule has 0 fully saturated rings. The fourth-order valence-corrected chi connectivity index (χ4v) is 3.62. The van der Waals surface area contributed by atoms with E-state index in [4.69, 9.17) is 10.5 Å². The van der Waals surface area contributed by atoms with E-state index in [1.54, 1.807) is 19.3 Å². The number of aromatic nitrogens is 8. The molecule has 5 aromatic heterocycles. The second kappa shape index (κ2) is 9.29. The van der Waals surface area contributed by atoms with Crippen LogP contribution in [0.4, 0.5) is 0 Å². The molecule has 13 heteroatoms. The number of carbonyl (C=O) groups is 1. The third-order valence-corrected chi connectivity index (χ3v) is 5.33. The molecule has 5 rings (SSSR count). The summed E-state index contributed by atoms with van der Waals surface area (Å²) in [6, 6.07) is 3.90. The van der Waals surface area contributed by atoms with Crippen LogP contribution in [-0.2, 0) is 12.8 Å². The summed E-state index contributed by atoms with van der Waals surface area (Å²) in [4.78, 5) is 50.5. The van der Waals surface area contributed by atoms with Gasteiger partial charge in [-0.25, -0.2) is 24.0 Å². The Hall–Kier alpha value is -5.30. The second-order valence-electron chi connectivity index (χ2n) is 7.20. The van der Waals surface area contributed by atoms with Gasteiger partial charge in [-0.3, -0.25) is 24.6 Å². The Balaban J connectivity index is 0.000000168. The first kappa shape index (κ1) is 22.9. The minimum atomic E-state index is -0.337. The summed E-state index contributed by atoms with van der Waals surface area (Å²) in [7, 11) is 0. The van der Waals surface area contributed by atoms with E-state index in [2.05, 4.69) is 30.1 Å². The fourth-order valence-electron chi connectivity index (χ4n) is 3.62. The first-order valence-electron chi connectivity index (χ1n) is 10.5. The van der Waals surface area contributed by atoms with Crippen LogP contribution in [-0.4, -0.2) is 45.5 Å². The van der Waals surface area contributed by atoms with E-state index in [0.29, 0.717) is 53.0 Å². The molecule has 5 aromatic rings. The van der Waals surface area contributed by atoms with Crippen molar-refractivity contribution >= 4 is 17.6 Å². The normalized spacial score (nSPS) is 10.5. The Bertz CT molecular complexity index is 1750. The molecule has 174 valence electrons. The van der Waals surface area contributed by atoms with Gasteiger partial charge in [0.05, 0.1) is 0 Å². The predicted molar refractivity (Wildman–Crippen MR) is 123 cm³/mol. The Labute approximate surface area is 196 Å². The molecule has 0 atom stereocenters. The highest BCUT2D eigenvalue weighted by Crippen LogP contribution is 2.17. The van der Waals surface area contributed by atoms with Gasteiger partial charge in [-0.15, -0.1) is 0 Å². The molecule has 0 aliphatic carbocycles. The number of aromatic amines is 3. The lowest BCUT2D eigenvalue weighted by molar-refractivity contribution is 0.111. The number of H-pyrrole nitrogens is 3. The molecule has 5 heterocycles. The van der Waals surface area contributed by atoms with Crippen molar-refractivity contribution in [2.45, 2.75) is 26.7 Å². The van der Waals surface area contributed by atoms with E-state index < -0.39 is 0 Å². The van der Waals surface area contributed by atoms with E-state index in [-0.39, 0.29) is 28.0 Å². The third kappa shape index (κ3) is 3.77. The number of hydrogen-bond donors (Lipinski definition) is 3. The monoisotopic (exact) mass is 470 g/mol. The van der Waals surface area contributed by atoms with Crippen molar-refractivity contribution in [1.82, 2.24) is 39.2 Å². The van der Waals surface area contributed by atoms with Crippen molar-refractivity contribution in [3.8, 4) is 23.7 Å². The number of nitrogens with one attached hydrogen (secondary N) is 3. The molecule has 0 unspecified atom stereocenters. The highest BCUT2D eigenvalue weighted by Gasteiger charge is 2.17. The smallest absolute Gasteiger partial charge is 0.276 e. The van der Waals surface area contributed by atoms with Gasteiger partial charge in [-0.05, 0) is 12.8 Å². The molecule has 0 aromatic carbocycles. The van der Waals surface area contributed by atoms with Gasteiger partial charge >= 0.3 is 0 Å². The molecular weight excluding hydrogens is 452 g/mol. The van der Waals surface area contributed by atoms with Crippen LogP contribution < -0.4 is 11.1 Å². The van der Waals surface area contributed by atoms with Crippen molar-refractivity contribution in [3.63, 3.8) is 0 Å². The minimum Gasteiger partial charge on any atom is -0.343 e. The molecule has 13 nitrogen and oxygen atoms in total. The second-order valence-corrected chi connectivity index (χ2v) is 7.20. The van der Waals surface area contributed by atoms with Crippen molar-refractivity contribution < 1.29 is 4.79 Å². The van der Waals surface area contributed by atoms with Crippen molar-refractivity contribution in [2.24, 2.45) is 0 Å². The van der Waals surface area contributed by atoms with E-state index in [1.807, 2.05) is 19.1 Å². The fraction of sp³-hybridized carbons (Fsp3) is 0.182. The average molecular weight is 470 g/mol. The van der Waals surface area contributed by atoms with E-state index in [9.17, 15) is 14.4 Å². The standard InChI is InChI=1S/C12H10N6O.C10H8N4O2/c1-2-8-9(10-14-3-4-15-10)17-11-7(5-13)6-16-18(11)12(8)19;1-2-7-8(5-15)13-9-6(3-11)4-12-14(9)10(7)16/h3-4,6,16H,2H2,1H3,(H,14,15);4-5,12H,2H2,1H3. The maximum absolute atomic E-state index is 12.3. The Morgan fingerprint density at radius 3 is 2.00 bits per heavy atom. The van der Waals surface area contributed by atoms with E-state index in [1.165, 1.54) is 21.4 Å². The summed E-state index contributed by atoms with van der Waals surface area (Å²) in [5.74, 6) is 0.529. The van der Waals surface area contributed by atoms with Crippen LogP contribution >= 0.6 is 0 Å². The Morgan fingerprint density at radius 2 is 1.51 bits per heavy atom. The van der Waals surface area contributed by atoms with E-state index in [0.717, 1.165) is 0 Å². The van der Waals surface area contributed by atoms with Gasteiger partial charge in [-0.2, -0.15) is 10.5 Å². The molecule has 0 spiro atoms. The first-order valence-corrected chi connectivity index (χ1v) is 10.5. The molecular formula is C22H18N10O3. The summed E-state index contributed by atoms with van der Waals surface area (Å²) in [5, 5.41) is 23.2. The van der Waals surface area contributed by atoms with Gasteiger partial charge < -0.3 is 4.98 Å². The summed E-state index contributed by atoms with van der Waals surface area (Å²) in [6.07, 6.45) is 7.61. The number of imidazole rings is 1. The van der Waals surface area contributed by atoms with Crippen LogP contribution in [0.25, 0.3) is 22.8 Å². The lowest BCUT2D eigenvalue weighted by Crippen LogP contribution is -2.22. The van der Waals surface area contributed by atoms with Gasteiger partial charge in [0.25, 0.3) is 11.1 Å². The molecule has 0 saturated heterocycles. The molecule has 0 aliphatic heterocycles. The number of hydrogen-bond acceptors (Lipinski definition) is 8. The maximum atomic E-state index is 12.3. The molecule has 0 saturated carbocycles. The van der Waals surface area contributed by atoms with Crippen molar-refractivity contribution in [2.75, 3.05) is 0 Å². The first-order chi connectivity index (χ1) is 17.0. The number of fused-ring (bicyclic) bond motifs is 2. The molecule has 0 amide bonds. The maximum Gasteiger partial charge on any atom is 0.276 e. The largest absolute Gasteiger partial charge is 0.343 e. The summed E-state index contributed by atoms with van der Waals surface area (Å²) >= 11 is 0. The lowest BCUT2D eigenvalue weighted by Gasteiger charge is -2.04. The highest BCUT2D eigenvalue weighted by molar-refractivity contribution is 5.76. The lowest BCUT2D eigenvalue weighted by atomic mass is 10.1. The van der Waals surface area contributed by atoms with Gasteiger partial charge in [0.2, 0.25) is 0 Å². The summed E-state index contributed by atoms with van der Waals surface area (Å²) in [5.41, 5.74) is 2.02. The predicted octanol–water partition coefficient (Wildman–Crippen LogP) is 1.12. The molecule has 0 radical (unpaired) electrons. The minimum absolute atomic E-state index is 0.101. The Morgan fingerprint density at radius 1 is 0.943 bits per heavy atom. The quantitative estimate of drug-likeness (QED) is 0.325. The zero-order chi connectivity index (χ0) is 25.1. The van der Waals surface area contributed by atoms with Crippen LogP contribution in [0.2, 0.25) is 0 Å². The van der Waals surface area contributed by atoms with Crippen LogP contribution in [0.5, 0.6) is 0 Å². The van der Waals surface area contributed by atoms with Crippen LogP contribution in [0.3, 0.4) is 0 Å². The van der Waals surface area contributed by atoms with Gasteiger partial charge in [0.1, 0.15) is 34.7 Å².